The Morgan fingerprint density at radius 1 is 0.877 bits per heavy atom. The van der Waals surface area contributed by atoms with Crippen molar-refractivity contribution in [2.75, 3.05) is 44.7 Å². The number of rotatable bonds is 23. The van der Waals surface area contributed by atoms with Crippen LogP contribution in [0, 0.1) is 0 Å². The van der Waals surface area contributed by atoms with Gasteiger partial charge in [-0.15, -0.1) is 0 Å². The standard InChI is InChI=1S/C44H53N7O4.C7H11NO2S.C4H7NO2/c1-49-28-32-19-11-12-20-34(32)42(41(46)35-21-13-14-22-37(35)49)51(48)26-16-7-5-3-2-4-6-15-25-50(47)29-33(45)30-54-44-38(52)24-23-36-39(53)27-40(55-43(36)44)31-17-9-8-10-18-31;1-2-3-8-6(9)4-5(11)7(8)10;6-3-1-2-5-4-7/h8-14,17-24,27,29,52H,2-7,15-16,25-26,28,30,45-48H2,1H3;5,11H,2-4H2,1H3;3-4H,1-2H2,(H,5,7)/b33-29-,42-41-;;. The fourth-order valence-electron chi connectivity index (χ4n) is 8.46. The van der Waals surface area contributed by atoms with Gasteiger partial charge in [0, 0.05) is 87.3 Å². The molecule has 1 fully saturated rings. The highest BCUT2D eigenvalue weighted by Crippen LogP contribution is 2.37. The van der Waals surface area contributed by atoms with Crippen LogP contribution in [0.15, 0.2) is 118 Å². The maximum Gasteiger partial charge on any atom is 0.242 e. The minimum Gasteiger partial charge on any atom is -0.504 e. The number of aldehydes is 1. The van der Waals surface area contributed by atoms with E-state index in [-0.39, 0.29) is 47.4 Å². The Morgan fingerprint density at radius 2 is 1.52 bits per heavy atom. The van der Waals surface area contributed by atoms with Crippen molar-refractivity contribution in [3.05, 3.63) is 136 Å². The van der Waals surface area contributed by atoms with E-state index in [0.29, 0.717) is 55.0 Å². The first kappa shape index (κ1) is 56.6. The first-order chi connectivity index (χ1) is 35.3. The molecule has 0 spiro atoms. The number of carbonyl (C=O) groups excluding carboxylic acids is 4. The minimum atomic E-state index is -0.394. The molecule has 390 valence electrons. The highest BCUT2D eigenvalue weighted by Gasteiger charge is 2.35. The van der Waals surface area contributed by atoms with Crippen LogP contribution in [-0.4, -0.2) is 89.6 Å². The molecule has 17 nitrogen and oxygen atoms in total. The van der Waals surface area contributed by atoms with Crippen molar-refractivity contribution in [1.82, 2.24) is 20.2 Å². The number of hydrogen-bond donors (Lipinski definition) is 7. The molecule has 0 bridgehead atoms. The number of likely N-dealkylation sites (tertiary alicyclic amines) is 1. The summed E-state index contributed by atoms with van der Waals surface area (Å²) < 4.78 is 11.9. The number of amides is 3. The molecule has 0 aliphatic carbocycles. The summed E-state index contributed by atoms with van der Waals surface area (Å²) >= 11 is 3.99. The van der Waals surface area contributed by atoms with Gasteiger partial charge in [0.1, 0.15) is 18.7 Å². The smallest absolute Gasteiger partial charge is 0.242 e. The lowest BCUT2D eigenvalue weighted by molar-refractivity contribution is -0.138. The Kier molecular flexibility index (Phi) is 22.7. The number of benzene rings is 4. The van der Waals surface area contributed by atoms with Gasteiger partial charge in [0.25, 0.3) is 0 Å². The van der Waals surface area contributed by atoms with Gasteiger partial charge >= 0.3 is 0 Å². The quantitative estimate of drug-likeness (QED) is 0.00866. The van der Waals surface area contributed by atoms with Crippen molar-refractivity contribution in [1.29, 1.82) is 0 Å². The summed E-state index contributed by atoms with van der Waals surface area (Å²) in [5.74, 6) is 13.0. The van der Waals surface area contributed by atoms with Crippen molar-refractivity contribution >= 4 is 65.2 Å². The van der Waals surface area contributed by atoms with Gasteiger partial charge in [-0.3, -0.25) is 24.1 Å². The first-order valence-corrected chi connectivity index (χ1v) is 25.3. The topological polar surface area (TPSA) is 257 Å². The SMILES string of the molecule is CCCN1C(=O)CC(S)C1=O.CN1Cc2ccccc2/C(N(N)CCCCCCCCCCN(N)/C=C(\N)COc2c(O)ccc3c(=O)cc(-c4ccccc4)oc23)=C(/N)c2ccccc21.O=CCCNC=O. The third kappa shape index (κ3) is 16.4. The van der Waals surface area contributed by atoms with Gasteiger partial charge in [0.15, 0.2) is 16.8 Å². The lowest BCUT2D eigenvalue weighted by Crippen LogP contribution is -2.34. The van der Waals surface area contributed by atoms with Crippen LogP contribution in [0.4, 0.5) is 5.69 Å². The van der Waals surface area contributed by atoms with Crippen LogP contribution in [0.1, 0.15) is 94.2 Å². The molecule has 73 heavy (non-hydrogen) atoms. The normalized spacial score (nSPS) is 15.2. The fourth-order valence-corrected chi connectivity index (χ4v) is 8.75. The highest BCUT2D eigenvalue weighted by molar-refractivity contribution is 7.81. The summed E-state index contributed by atoms with van der Waals surface area (Å²) in [6.07, 6.45) is 13.1. The maximum atomic E-state index is 12.8. The lowest BCUT2D eigenvalue weighted by Gasteiger charge is -2.32. The van der Waals surface area contributed by atoms with Gasteiger partial charge in [-0.05, 0) is 43.0 Å². The number of nitrogens with zero attached hydrogens (tertiary/aromatic N) is 4. The monoisotopic (exact) mass is 1020 g/mol. The molecule has 2 aliphatic heterocycles. The molecule has 4 aromatic carbocycles. The van der Waals surface area contributed by atoms with Crippen LogP contribution in [0.3, 0.4) is 0 Å². The number of imide groups is 1. The second-order valence-electron chi connectivity index (χ2n) is 17.8. The molecular weight excluding hydrogens is 947 g/mol. The van der Waals surface area contributed by atoms with Gasteiger partial charge in [-0.2, -0.15) is 12.6 Å². The molecule has 18 heteroatoms. The van der Waals surface area contributed by atoms with E-state index in [0.717, 1.165) is 98.8 Å². The van der Waals surface area contributed by atoms with Crippen molar-refractivity contribution in [2.45, 2.75) is 89.3 Å². The fraction of sp³-hybridized carbons (Fsp3) is 0.364. The maximum absolute atomic E-state index is 12.8. The second-order valence-corrected chi connectivity index (χ2v) is 18.4. The Balaban J connectivity index is 0.000000462. The number of phenols is 1. The molecule has 1 unspecified atom stereocenters. The van der Waals surface area contributed by atoms with E-state index in [4.69, 9.17) is 32.3 Å². The average molecular weight is 1020 g/mol. The van der Waals surface area contributed by atoms with Crippen LogP contribution >= 0.6 is 12.6 Å². The Morgan fingerprint density at radius 3 is 2.18 bits per heavy atom. The predicted octanol–water partition coefficient (Wildman–Crippen LogP) is 7.03. The van der Waals surface area contributed by atoms with Crippen LogP contribution in [0.5, 0.6) is 11.5 Å². The van der Waals surface area contributed by atoms with Gasteiger partial charge in [0.05, 0.1) is 27.7 Å². The molecule has 1 saturated heterocycles. The molecule has 1 aromatic heterocycles. The molecule has 1 atom stereocenters. The molecule has 10 N–H and O–H groups in total. The number of phenolic OH excluding ortho intramolecular Hbond substituents is 1. The summed E-state index contributed by atoms with van der Waals surface area (Å²) in [6, 6.07) is 30.3. The Hall–Kier alpha value is -7.28. The van der Waals surface area contributed by atoms with Crippen LogP contribution in [0.2, 0.25) is 0 Å². The van der Waals surface area contributed by atoms with Gasteiger partial charge in [-0.1, -0.05) is 118 Å². The number of hydrazine groups is 2. The van der Waals surface area contributed by atoms with Crippen LogP contribution < -0.4 is 43.5 Å². The van der Waals surface area contributed by atoms with Gasteiger partial charge < -0.3 is 50.8 Å². The summed E-state index contributed by atoms with van der Waals surface area (Å²) in [4.78, 5) is 57.5. The number of aromatic hydroxyl groups is 1. The van der Waals surface area contributed by atoms with E-state index in [1.54, 1.807) is 11.2 Å². The number of unbranched alkanes of at least 4 members (excludes halogenated alkanes) is 7. The van der Waals surface area contributed by atoms with Gasteiger partial charge in [0.2, 0.25) is 24.0 Å². The summed E-state index contributed by atoms with van der Waals surface area (Å²) in [5.41, 5.74) is 20.1. The number of thiol groups is 1. The van der Waals surface area contributed by atoms with Crippen LogP contribution in [-0.2, 0) is 25.7 Å². The van der Waals surface area contributed by atoms with Crippen LogP contribution in [0.25, 0.3) is 33.7 Å². The number of nitrogens with two attached hydrogens (primary N) is 4. The van der Waals surface area contributed by atoms with Crippen molar-refractivity contribution in [3.63, 3.8) is 0 Å². The van der Waals surface area contributed by atoms with E-state index >= 15 is 0 Å². The predicted molar refractivity (Wildman–Crippen MR) is 291 cm³/mol. The molecule has 7 rings (SSSR count). The minimum absolute atomic E-state index is 0.0502. The van der Waals surface area contributed by atoms with Crippen molar-refractivity contribution < 1.29 is 33.4 Å². The van der Waals surface area contributed by atoms with E-state index < -0.39 is 5.25 Å². The van der Waals surface area contributed by atoms with E-state index in [2.05, 4.69) is 60.2 Å². The zero-order chi connectivity index (χ0) is 52.7. The molecule has 0 radical (unpaired) electrons. The zero-order valence-electron chi connectivity index (χ0n) is 41.9. The second kappa shape index (κ2) is 29.3. The number of ether oxygens (including phenoxy) is 1. The van der Waals surface area contributed by atoms with E-state index in [1.807, 2.05) is 60.5 Å². The molecule has 2 aliphatic rings. The van der Waals surface area contributed by atoms with Crippen molar-refractivity contribution in [2.24, 2.45) is 23.2 Å². The third-order valence-electron chi connectivity index (χ3n) is 12.2. The number of nitrogens with one attached hydrogen (secondary N) is 1. The molecular formula is C55H71N9O8S. The Bertz CT molecular complexity index is 2730. The first-order valence-electron chi connectivity index (χ1n) is 24.8. The number of carbonyl (C=O) groups is 4. The Labute approximate surface area is 433 Å². The lowest BCUT2D eigenvalue weighted by atomic mass is 9.96. The van der Waals surface area contributed by atoms with Crippen molar-refractivity contribution in [3.8, 4) is 22.8 Å². The largest absolute Gasteiger partial charge is 0.504 e. The summed E-state index contributed by atoms with van der Waals surface area (Å²) in [7, 11) is 2.10. The third-order valence-corrected chi connectivity index (χ3v) is 12.6. The number of para-hydroxylation sites is 1. The zero-order valence-corrected chi connectivity index (χ0v) is 42.8. The van der Waals surface area contributed by atoms with Gasteiger partial charge in [-0.25, -0.2) is 11.7 Å². The molecule has 3 heterocycles. The van der Waals surface area contributed by atoms with E-state index in [9.17, 15) is 29.1 Å². The number of hydrogen-bond acceptors (Lipinski definition) is 16. The number of fused-ring (bicyclic) bond motifs is 3. The molecule has 0 saturated carbocycles. The van der Waals surface area contributed by atoms with E-state index in [1.165, 1.54) is 35.1 Å². The summed E-state index contributed by atoms with van der Waals surface area (Å²) in [5, 5.41) is 16.2. The molecule has 3 amide bonds. The number of anilines is 1. The highest BCUT2D eigenvalue weighted by atomic mass is 32.1. The summed E-state index contributed by atoms with van der Waals surface area (Å²) in [6.45, 7) is 5.02. The molecule has 5 aromatic rings. The average Bonchev–Trinajstić information content (AvgIpc) is 3.63.